The summed E-state index contributed by atoms with van der Waals surface area (Å²) >= 11 is 0. The van der Waals surface area contributed by atoms with Gasteiger partial charge in [-0.05, 0) is 67.5 Å². The predicted octanol–water partition coefficient (Wildman–Crippen LogP) is 3.80. The van der Waals surface area contributed by atoms with Crippen LogP contribution in [-0.4, -0.2) is 44.2 Å². The molecule has 0 bridgehead atoms. The van der Waals surface area contributed by atoms with Gasteiger partial charge in [-0.1, -0.05) is 24.3 Å². The molecule has 1 heterocycles. The minimum atomic E-state index is -0.0689. The highest BCUT2D eigenvalue weighted by Crippen LogP contribution is 2.30. The molecule has 2 aromatic rings. The summed E-state index contributed by atoms with van der Waals surface area (Å²) in [5, 5.41) is 5.93. The lowest BCUT2D eigenvalue weighted by Crippen LogP contribution is -2.31. The third-order valence-corrected chi connectivity index (χ3v) is 6.34. The van der Waals surface area contributed by atoms with Gasteiger partial charge in [0.15, 0.2) is 0 Å². The Morgan fingerprint density at radius 3 is 2.34 bits per heavy atom. The van der Waals surface area contributed by atoms with Crippen molar-refractivity contribution in [2.75, 3.05) is 26.3 Å². The van der Waals surface area contributed by atoms with Crippen molar-refractivity contribution >= 4 is 11.8 Å². The normalized spacial score (nSPS) is 22.5. The fourth-order valence-corrected chi connectivity index (χ4v) is 4.49. The summed E-state index contributed by atoms with van der Waals surface area (Å²) < 4.78 is 11.3. The van der Waals surface area contributed by atoms with Crippen LogP contribution in [0.3, 0.4) is 0 Å². The van der Waals surface area contributed by atoms with Crippen molar-refractivity contribution in [1.29, 1.82) is 0 Å². The first-order chi connectivity index (χ1) is 15.6. The molecule has 1 saturated carbocycles. The Labute approximate surface area is 189 Å². The van der Waals surface area contributed by atoms with E-state index < -0.39 is 0 Å². The molecule has 0 spiro atoms. The maximum Gasteiger partial charge on any atom is 0.251 e. The number of nitrogens with one attached hydrogen (secondary N) is 2. The molecule has 6 heteroatoms. The minimum Gasteiger partial charge on any atom is -0.488 e. The van der Waals surface area contributed by atoms with Crippen LogP contribution in [0, 0.1) is 11.8 Å². The second-order valence-corrected chi connectivity index (χ2v) is 8.69. The molecule has 6 nitrogen and oxygen atoms in total. The van der Waals surface area contributed by atoms with E-state index in [-0.39, 0.29) is 23.8 Å². The molecule has 2 aromatic carbocycles. The molecular weight excluding hydrogens is 404 g/mol. The van der Waals surface area contributed by atoms with Crippen LogP contribution in [0.25, 0.3) is 11.1 Å². The molecule has 1 aliphatic heterocycles. The van der Waals surface area contributed by atoms with E-state index in [9.17, 15) is 9.59 Å². The van der Waals surface area contributed by atoms with Crippen LogP contribution in [0.15, 0.2) is 48.5 Å². The number of hydrogen-bond donors (Lipinski definition) is 2. The fourth-order valence-electron chi connectivity index (χ4n) is 4.49. The lowest BCUT2D eigenvalue weighted by Gasteiger charge is -2.13. The Balaban J connectivity index is 1.27. The Hall–Kier alpha value is -2.86. The summed E-state index contributed by atoms with van der Waals surface area (Å²) in [6, 6.07) is 15.7. The summed E-state index contributed by atoms with van der Waals surface area (Å²) in [7, 11) is 0. The van der Waals surface area contributed by atoms with Gasteiger partial charge in [-0.15, -0.1) is 0 Å². The number of ether oxygens (including phenoxy) is 2. The Bertz CT molecular complexity index is 904. The Kier molecular flexibility index (Phi) is 7.43. The van der Waals surface area contributed by atoms with Crippen molar-refractivity contribution in [3.8, 4) is 16.9 Å². The van der Waals surface area contributed by atoms with Crippen molar-refractivity contribution in [2.45, 2.75) is 38.7 Å². The molecule has 1 aliphatic carbocycles. The van der Waals surface area contributed by atoms with Gasteiger partial charge in [0, 0.05) is 31.0 Å². The standard InChI is InChI=1S/C26H32N2O4/c1-2-27-26(30)22-4-3-18(15-22)16-28-25(29)21-7-5-19(6-8-21)20-9-11-23(12-10-20)32-24-13-14-31-17-24/h5-12,18,22,24H,2-4,13-17H2,1H3,(H,27,30)(H,28,29)/t18-,22+,24+/m1/s1. The van der Waals surface area contributed by atoms with Crippen LogP contribution in [-0.2, 0) is 9.53 Å². The highest BCUT2D eigenvalue weighted by Gasteiger charge is 2.29. The van der Waals surface area contributed by atoms with E-state index >= 15 is 0 Å². The summed E-state index contributed by atoms with van der Waals surface area (Å²) in [5.74, 6) is 1.37. The predicted molar refractivity (Wildman–Crippen MR) is 124 cm³/mol. The van der Waals surface area contributed by atoms with E-state index in [2.05, 4.69) is 10.6 Å². The maximum absolute atomic E-state index is 12.6. The second-order valence-electron chi connectivity index (χ2n) is 8.69. The highest BCUT2D eigenvalue weighted by atomic mass is 16.5. The third kappa shape index (κ3) is 5.68. The number of carbonyl (C=O) groups is 2. The van der Waals surface area contributed by atoms with E-state index in [4.69, 9.17) is 9.47 Å². The first-order valence-corrected chi connectivity index (χ1v) is 11.6. The summed E-state index contributed by atoms with van der Waals surface area (Å²) in [6.45, 7) is 4.64. The van der Waals surface area contributed by atoms with Gasteiger partial charge in [0.1, 0.15) is 11.9 Å². The van der Waals surface area contributed by atoms with Crippen LogP contribution in [0.4, 0.5) is 0 Å². The zero-order valence-electron chi connectivity index (χ0n) is 18.6. The topological polar surface area (TPSA) is 76.7 Å². The summed E-state index contributed by atoms with van der Waals surface area (Å²) in [5.41, 5.74) is 2.78. The first kappa shape index (κ1) is 22.3. The molecule has 32 heavy (non-hydrogen) atoms. The van der Waals surface area contributed by atoms with Crippen molar-refractivity contribution < 1.29 is 19.1 Å². The number of benzene rings is 2. The average Bonchev–Trinajstić information content (AvgIpc) is 3.51. The molecule has 0 aromatic heterocycles. The lowest BCUT2D eigenvalue weighted by atomic mass is 10.0. The second kappa shape index (κ2) is 10.6. The van der Waals surface area contributed by atoms with E-state index in [1.54, 1.807) is 0 Å². The van der Waals surface area contributed by atoms with Crippen molar-refractivity contribution in [3.05, 3.63) is 54.1 Å². The van der Waals surface area contributed by atoms with E-state index in [0.717, 1.165) is 49.2 Å². The monoisotopic (exact) mass is 436 g/mol. The fraction of sp³-hybridized carbons (Fsp3) is 0.462. The van der Waals surface area contributed by atoms with Crippen LogP contribution >= 0.6 is 0 Å². The highest BCUT2D eigenvalue weighted by molar-refractivity contribution is 5.94. The lowest BCUT2D eigenvalue weighted by molar-refractivity contribution is -0.124. The van der Waals surface area contributed by atoms with Gasteiger partial charge >= 0.3 is 0 Å². The van der Waals surface area contributed by atoms with Gasteiger partial charge in [-0.2, -0.15) is 0 Å². The molecular formula is C26H32N2O4. The van der Waals surface area contributed by atoms with Crippen molar-refractivity contribution in [2.24, 2.45) is 11.8 Å². The van der Waals surface area contributed by atoms with Crippen LogP contribution < -0.4 is 15.4 Å². The number of carbonyl (C=O) groups excluding carboxylic acids is 2. The maximum atomic E-state index is 12.6. The zero-order valence-corrected chi connectivity index (χ0v) is 18.6. The molecule has 0 radical (unpaired) electrons. The molecule has 3 atom stereocenters. The van der Waals surface area contributed by atoms with Gasteiger partial charge in [0.2, 0.25) is 5.91 Å². The Morgan fingerprint density at radius 1 is 0.969 bits per heavy atom. The summed E-state index contributed by atoms with van der Waals surface area (Å²) in [4.78, 5) is 24.5. The van der Waals surface area contributed by atoms with Gasteiger partial charge in [0.05, 0.1) is 13.2 Å². The third-order valence-electron chi connectivity index (χ3n) is 6.34. The van der Waals surface area contributed by atoms with Crippen molar-refractivity contribution in [1.82, 2.24) is 10.6 Å². The van der Waals surface area contributed by atoms with Crippen molar-refractivity contribution in [3.63, 3.8) is 0 Å². The Morgan fingerprint density at radius 2 is 1.69 bits per heavy atom. The van der Waals surface area contributed by atoms with Crippen LogP contribution in [0.2, 0.25) is 0 Å². The van der Waals surface area contributed by atoms with E-state index in [1.165, 1.54) is 0 Å². The van der Waals surface area contributed by atoms with Gasteiger partial charge < -0.3 is 20.1 Å². The molecule has 2 fully saturated rings. The smallest absolute Gasteiger partial charge is 0.251 e. The molecule has 1 saturated heterocycles. The first-order valence-electron chi connectivity index (χ1n) is 11.6. The van der Waals surface area contributed by atoms with Crippen LogP contribution in [0.5, 0.6) is 5.75 Å². The van der Waals surface area contributed by atoms with Gasteiger partial charge in [0.25, 0.3) is 5.91 Å². The minimum absolute atomic E-state index is 0.0689. The number of amides is 2. The van der Waals surface area contributed by atoms with Gasteiger partial charge in [-0.25, -0.2) is 0 Å². The molecule has 4 rings (SSSR count). The van der Waals surface area contributed by atoms with E-state index in [1.807, 2.05) is 55.5 Å². The SMILES string of the molecule is CCNC(=O)[C@H]1CC[C@@H](CNC(=O)c2ccc(-c3ccc(O[C@H]4CCOC4)cc3)cc2)C1. The van der Waals surface area contributed by atoms with Gasteiger partial charge in [-0.3, -0.25) is 9.59 Å². The molecule has 2 aliphatic rings. The quantitative estimate of drug-likeness (QED) is 0.660. The molecule has 170 valence electrons. The molecule has 2 N–H and O–H groups in total. The van der Waals surface area contributed by atoms with Crippen LogP contribution in [0.1, 0.15) is 43.0 Å². The average molecular weight is 437 g/mol. The van der Waals surface area contributed by atoms with E-state index in [0.29, 0.717) is 31.2 Å². The molecule has 2 amide bonds. The number of rotatable bonds is 8. The zero-order chi connectivity index (χ0) is 22.3. The molecule has 0 unspecified atom stereocenters. The number of hydrogen-bond acceptors (Lipinski definition) is 4. The summed E-state index contributed by atoms with van der Waals surface area (Å²) in [6.07, 6.45) is 3.80. The largest absolute Gasteiger partial charge is 0.488 e.